The van der Waals surface area contributed by atoms with Crippen LogP contribution in [0.15, 0.2) is 60.7 Å². The van der Waals surface area contributed by atoms with Crippen molar-refractivity contribution in [2.24, 2.45) is 0 Å². The summed E-state index contributed by atoms with van der Waals surface area (Å²) >= 11 is 1.70. The number of anilines is 1. The molecule has 0 bridgehead atoms. The van der Waals surface area contributed by atoms with Gasteiger partial charge in [-0.1, -0.05) is 48.5 Å². The smallest absolute Gasteiger partial charge is 0.234 e. The minimum Gasteiger partial charge on any atom is -0.496 e. The lowest BCUT2D eigenvalue weighted by Crippen LogP contribution is -2.28. The first-order valence-electron chi connectivity index (χ1n) is 9.32. The molecule has 0 aliphatic carbocycles. The summed E-state index contributed by atoms with van der Waals surface area (Å²) in [6.07, 6.45) is 0. The van der Waals surface area contributed by atoms with Crippen molar-refractivity contribution in [2.75, 3.05) is 31.9 Å². The molecule has 0 spiro atoms. The molecule has 1 unspecified atom stereocenters. The zero-order valence-corrected chi connectivity index (χ0v) is 17.2. The van der Waals surface area contributed by atoms with E-state index in [0.29, 0.717) is 12.3 Å². The number of fused-ring (bicyclic) bond motifs is 1. The Hall–Kier alpha value is -2.66. The van der Waals surface area contributed by atoms with E-state index in [-0.39, 0.29) is 11.3 Å². The Balaban J connectivity index is 1.76. The molecule has 1 atom stereocenters. The van der Waals surface area contributed by atoms with E-state index in [2.05, 4.69) is 55.4 Å². The second-order valence-corrected chi connectivity index (χ2v) is 8.18. The van der Waals surface area contributed by atoms with Crippen LogP contribution in [0.25, 0.3) is 10.8 Å². The summed E-state index contributed by atoms with van der Waals surface area (Å²) in [4.78, 5) is 16.8. The lowest BCUT2D eigenvalue weighted by Gasteiger charge is -2.27. The fourth-order valence-corrected chi connectivity index (χ4v) is 5.03. The number of para-hydroxylation sites is 1. The monoisotopic (exact) mass is 392 g/mol. The molecule has 3 aromatic carbocycles. The van der Waals surface area contributed by atoms with Gasteiger partial charge in [0, 0.05) is 30.7 Å². The molecule has 4 nitrogen and oxygen atoms in total. The van der Waals surface area contributed by atoms with Gasteiger partial charge in [-0.05, 0) is 23.1 Å². The van der Waals surface area contributed by atoms with Gasteiger partial charge in [-0.2, -0.15) is 0 Å². The molecule has 0 saturated carbocycles. The summed E-state index contributed by atoms with van der Waals surface area (Å²) in [5, 5.41) is 2.41. The molecule has 4 rings (SSSR count). The second-order valence-electron chi connectivity index (χ2n) is 7.11. The maximum absolute atomic E-state index is 12.7. The first-order chi connectivity index (χ1) is 13.6. The van der Waals surface area contributed by atoms with E-state index in [4.69, 9.17) is 4.74 Å². The lowest BCUT2D eigenvalue weighted by atomic mass is 10.0. The van der Waals surface area contributed by atoms with Crippen molar-refractivity contribution in [3.05, 3.63) is 71.8 Å². The van der Waals surface area contributed by atoms with Crippen LogP contribution < -0.4 is 9.64 Å². The summed E-state index contributed by atoms with van der Waals surface area (Å²) < 4.78 is 5.49. The Kier molecular flexibility index (Phi) is 5.18. The number of amides is 1. The molecule has 0 radical (unpaired) electrons. The highest BCUT2D eigenvalue weighted by Gasteiger charge is 2.34. The van der Waals surface area contributed by atoms with Crippen molar-refractivity contribution < 1.29 is 9.53 Å². The topological polar surface area (TPSA) is 32.8 Å². The normalized spacial score (nSPS) is 16.6. The Morgan fingerprint density at radius 2 is 1.75 bits per heavy atom. The van der Waals surface area contributed by atoms with E-state index >= 15 is 0 Å². The van der Waals surface area contributed by atoms with Gasteiger partial charge in [0.05, 0.1) is 19.4 Å². The first-order valence-corrected chi connectivity index (χ1v) is 10.4. The molecule has 1 heterocycles. The summed E-state index contributed by atoms with van der Waals surface area (Å²) in [5.41, 5.74) is 3.40. The Bertz CT molecular complexity index is 1020. The molecule has 0 N–H and O–H groups in total. The van der Waals surface area contributed by atoms with Gasteiger partial charge in [-0.3, -0.25) is 4.79 Å². The van der Waals surface area contributed by atoms with Crippen molar-refractivity contribution in [2.45, 2.75) is 11.9 Å². The third-order valence-corrected chi connectivity index (χ3v) is 6.42. The van der Waals surface area contributed by atoms with Crippen molar-refractivity contribution in [1.82, 2.24) is 4.90 Å². The Labute approximate surface area is 170 Å². The number of nitrogens with zero attached hydrogens (tertiary/aromatic N) is 2. The van der Waals surface area contributed by atoms with Crippen LogP contribution >= 0.6 is 11.8 Å². The molecular weight excluding hydrogens is 368 g/mol. The van der Waals surface area contributed by atoms with Gasteiger partial charge in [0.2, 0.25) is 5.91 Å². The summed E-state index contributed by atoms with van der Waals surface area (Å²) in [5.74, 6) is 1.49. The molecule has 5 heteroatoms. The molecule has 0 aromatic heterocycles. The van der Waals surface area contributed by atoms with Crippen LogP contribution in [0.5, 0.6) is 5.75 Å². The maximum Gasteiger partial charge on any atom is 0.234 e. The van der Waals surface area contributed by atoms with Gasteiger partial charge in [-0.25, -0.2) is 0 Å². The number of carbonyl (C=O) groups excluding carboxylic acids is 1. The fraction of sp³-hybridized carbons (Fsp3) is 0.261. The van der Waals surface area contributed by atoms with Crippen LogP contribution in [0.3, 0.4) is 0 Å². The van der Waals surface area contributed by atoms with E-state index in [1.165, 1.54) is 22.0 Å². The number of carbonyl (C=O) groups is 1. The van der Waals surface area contributed by atoms with Crippen molar-refractivity contribution >= 4 is 34.1 Å². The van der Waals surface area contributed by atoms with Gasteiger partial charge in [0.15, 0.2) is 0 Å². The molecule has 1 aliphatic rings. The first kappa shape index (κ1) is 18.7. The van der Waals surface area contributed by atoms with Gasteiger partial charge in [-0.15, -0.1) is 11.8 Å². The number of hydrogen-bond donors (Lipinski definition) is 0. The number of methoxy groups -OCH3 is 1. The van der Waals surface area contributed by atoms with E-state index in [0.717, 1.165) is 11.3 Å². The third-order valence-electron chi connectivity index (χ3n) is 5.18. The zero-order valence-electron chi connectivity index (χ0n) is 16.4. The number of hydrogen-bond acceptors (Lipinski definition) is 4. The maximum atomic E-state index is 12.7. The molecule has 1 saturated heterocycles. The van der Waals surface area contributed by atoms with Crippen LogP contribution in [0.1, 0.15) is 16.5 Å². The van der Waals surface area contributed by atoms with Crippen molar-refractivity contribution in [3.8, 4) is 5.75 Å². The SMILES string of the molecule is COc1ccccc1CN1C(=O)CSC1c1ccc(N(C)C)c2ccccc12. The highest BCUT2D eigenvalue weighted by atomic mass is 32.2. The van der Waals surface area contributed by atoms with Crippen LogP contribution in [0.4, 0.5) is 5.69 Å². The largest absolute Gasteiger partial charge is 0.496 e. The third kappa shape index (κ3) is 3.31. The minimum atomic E-state index is -0.00137. The Morgan fingerprint density at radius 3 is 2.50 bits per heavy atom. The molecule has 3 aromatic rings. The predicted octanol–water partition coefficient (Wildman–Crippen LogP) is 4.69. The van der Waals surface area contributed by atoms with E-state index < -0.39 is 0 Å². The molecule has 1 fully saturated rings. The van der Waals surface area contributed by atoms with Gasteiger partial charge < -0.3 is 14.5 Å². The number of ether oxygens (including phenoxy) is 1. The second kappa shape index (κ2) is 7.76. The van der Waals surface area contributed by atoms with Crippen LogP contribution in [-0.2, 0) is 11.3 Å². The molecule has 144 valence electrons. The molecule has 1 aliphatic heterocycles. The zero-order chi connectivity index (χ0) is 19.7. The highest BCUT2D eigenvalue weighted by Crippen LogP contribution is 2.44. The van der Waals surface area contributed by atoms with Crippen LogP contribution in [-0.4, -0.2) is 37.8 Å². The van der Waals surface area contributed by atoms with E-state index in [1.807, 2.05) is 29.2 Å². The summed E-state index contributed by atoms with van der Waals surface area (Å²) in [7, 11) is 5.79. The average molecular weight is 393 g/mol. The number of benzene rings is 3. The fourth-order valence-electron chi connectivity index (χ4n) is 3.81. The van der Waals surface area contributed by atoms with Crippen molar-refractivity contribution in [1.29, 1.82) is 0 Å². The highest BCUT2D eigenvalue weighted by molar-refractivity contribution is 8.00. The quantitative estimate of drug-likeness (QED) is 0.631. The van der Waals surface area contributed by atoms with Gasteiger partial charge in [0.25, 0.3) is 0 Å². The summed E-state index contributed by atoms with van der Waals surface area (Å²) in [6.45, 7) is 0.546. The van der Waals surface area contributed by atoms with Gasteiger partial charge in [0.1, 0.15) is 11.1 Å². The molecular formula is C23H24N2O2S. The average Bonchev–Trinajstić information content (AvgIpc) is 3.07. The number of rotatable bonds is 5. The van der Waals surface area contributed by atoms with E-state index in [1.54, 1.807) is 18.9 Å². The van der Waals surface area contributed by atoms with Crippen LogP contribution in [0.2, 0.25) is 0 Å². The van der Waals surface area contributed by atoms with Crippen LogP contribution in [0, 0.1) is 0 Å². The van der Waals surface area contributed by atoms with Gasteiger partial charge >= 0.3 is 0 Å². The molecule has 1 amide bonds. The van der Waals surface area contributed by atoms with E-state index in [9.17, 15) is 4.79 Å². The standard InChI is InChI=1S/C23H24N2O2S/c1-24(2)20-13-12-19(17-9-5-6-10-18(17)20)23-25(22(26)15-28-23)14-16-8-4-7-11-21(16)27-3/h4-13,23H,14-15H2,1-3H3. The minimum absolute atomic E-state index is 0.00137. The number of thioether (sulfide) groups is 1. The molecule has 28 heavy (non-hydrogen) atoms. The summed E-state index contributed by atoms with van der Waals surface area (Å²) in [6, 6.07) is 20.7. The van der Waals surface area contributed by atoms with Crippen molar-refractivity contribution in [3.63, 3.8) is 0 Å². The lowest BCUT2D eigenvalue weighted by molar-refractivity contribution is -0.128. The predicted molar refractivity (Wildman–Crippen MR) is 117 cm³/mol. The Morgan fingerprint density at radius 1 is 1.04 bits per heavy atom.